The summed E-state index contributed by atoms with van der Waals surface area (Å²) in [6.45, 7) is 1.66. The van der Waals surface area contributed by atoms with Crippen LogP contribution >= 0.6 is 0 Å². The Labute approximate surface area is 122 Å². The predicted molar refractivity (Wildman–Crippen MR) is 76.0 cm³/mol. The Bertz CT molecular complexity index is 614. The minimum Gasteiger partial charge on any atom is -0.306 e. The Morgan fingerprint density at radius 1 is 1.14 bits per heavy atom. The highest BCUT2D eigenvalue weighted by Crippen LogP contribution is 2.42. The minimum absolute atomic E-state index is 0.303. The number of nitrogens with zero attached hydrogens (tertiary/aromatic N) is 1. The smallest absolute Gasteiger partial charge is 0.255 e. The number of hydrogen-bond donors (Lipinski definition) is 1. The molecule has 2 aliphatic heterocycles. The van der Waals surface area contributed by atoms with Gasteiger partial charge in [0.2, 0.25) is 0 Å². The fourth-order valence-corrected chi connectivity index (χ4v) is 3.25. The van der Waals surface area contributed by atoms with Gasteiger partial charge in [-0.05, 0) is 50.7 Å². The van der Waals surface area contributed by atoms with Crippen LogP contribution in [0.1, 0.15) is 18.4 Å². The van der Waals surface area contributed by atoms with Gasteiger partial charge in [0, 0.05) is 17.1 Å². The van der Waals surface area contributed by atoms with Crippen LogP contribution in [0.15, 0.2) is 35.9 Å². The van der Waals surface area contributed by atoms with Crippen molar-refractivity contribution in [2.45, 2.75) is 18.3 Å². The van der Waals surface area contributed by atoms with E-state index in [9.17, 15) is 14.0 Å². The maximum atomic E-state index is 13.2. The average molecular weight is 288 g/mol. The number of carbonyl (C=O) groups excluding carboxylic acids is 2. The lowest BCUT2D eigenvalue weighted by Gasteiger charge is -2.41. The van der Waals surface area contributed by atoms with Crippen molar-refractivity contribution >= 4 is 11.8 Å². The van der Waals surface area contributed by atoms with Crippen LogP contribution in [0.5, 0.6) is 0 Å². The summed E-state index contributed by atoms with van der Waals surface area (Å²) >= 11 is 0. The first-order valence-corrected chi connectivity index (χ1v) is 7.03. The third kappa shape index (κ3) is 2.38. The second kappa shape index (κ2) is 5.07. The molecule has 0 spiro atoms. The third-order valence-electron chi connectivity index (χ3n) is 4.51. The summed E-state index contributed by atoms with van der Waals surface area (Å²) in [6.07, 6.45) is 2.88. The van der Waals surface area contributed by atoms with Crippen molar-refractivity contribution in [3.63, 3.8) is 0 Å². The number of imide groups is 1. The van der Waals surface area contributed by atoms with Gasteiger partial charge >= 0.3 is 0 Å². The summed E-state index contributed by atoms with van der Waals surface area (Å²) in [4.78, 5) is 25.8. The van der Waals surface area contributed by atoms with Gasteiger partial charge in [0.25, 0.3) is 11.8 Å². The van der Waals surface area contributed by atoms with E-state index in [0.29, 0.717) is 5.57 Å². The molecule has 1 aromatic carbocycles. The van der Waals surface area contributed by atoms with E-state index in [-0.39, 0.29) is 17.6 Å². The highest BCUT2D eigenvalue weighted by molar-refractivity contribution is 6.17. The number of carbonyl (C=O) groups is 2. The van der Waals surface area contributed by atoms with Crippen molar-refractivity contribution in [3.05, 3.63) is 47.3 Å². The van der Waals surface area contributed by atoms with Crippen LogP contribution in [0.3, 0.4) is 0 Å². The summed E-state index contributed by atoms with van der Waals surface area (Å²) < 4.78 is 13.2. The average Bonchev–Trinajstić information content (AvgIpc) is 2.80. The minimum atomic E-state index is -0.504. The number of piperidine rings is 1. The van der Waals surface area contributed by atoms with E-state index in [0.717, 1.165) is 31.5 Å². The van der Waals surface area contributed by atoms with Gasteiger partial charge < -0.3 is 4.90 Å². The molecule has 2 aliphatic rings. The zero-order valence-corrected chi connectivity index (χ0v) is 11.9. The predicted octanol–water partition coefficient (Wildman–Crippen LogP) is 1.37. The maximum absolute atomic E-state index is 13.2. The van der Waals surface area contributed by atoms with E-state index in [1.165, 1.54) is 18.2 Å². The molecule has 21 heavy (non-hydrogen) atoms. The van der Waals surface area contributed by atoms with E-state index < -0.39 is 5.41 Å². The topological polar surface area (TPSA) is 49.4 Å². The van der Waals surface area contributed by atoms with Crippen LogP contribution in [0, 0.1) is 5.82 Å². The molecule has 0 unspecified atom stereocenters. The Morgan fingerprint density at radius 3 is 2.29 bits per heavy atom. The molecule has 5 heteroatoms. The second-order valence-corrected chi connectivity index (χ2v) is 5.77. The summed E-state index contributed by atoms with van der Waals surface area (Å²) in [5.74, 6) is -0.993. The Kier molecular flexibility index (Phi) is 3.37. The first-order chi connectivity index (χ1) is 10.0. The van der Waals surface area contributed by atoms with Crippen molar-refractivity contribution in [3.8, 4) is 0 Å². The molecule has 2 amide bonds. The number of amides is 2. The molecule has 1 aromatic rings. The molecule has 0 bridgehead atoms. The molecular formula is C16H17FN2O2. The molecule has 4 nitrogen and oxygen atoms in total. The largest absolute Gasteiger partial charge is 0.306 e. The highest BCUT2D eigenvalue weighted by Gasteiger charge is 2.44. The molecular weight excluding hydrogens is 271 g/mol. The van der Waals surface area contributed by atoms with Crippen LogP contribution in [0.25, 0.3) is 0 Å². The summed E-state index contributed by atoms with van der Waals surface area (Å²) in [5.41, 5.74) is 0.900. The third-order valence-corrected chi connectivity index (χ3v) is 4.51. The number of likely N-dealkylation sites (tertiary alicyclic amines) is 1. The van der Waals surface area contributed by atoms with Crippen LogP contribution < -0.4 is 5.32 Å². The lowest BCUT2D eigenvalue weighted by atomic mass is 9.67. The van der Waals surface area contributed by atoms with E-state index in [1.54, 1.807) is 12.1 Å². The van der Waals surface area contributed by atoms with Crippen molar-refractivity contribution in [1.82, 2.24) is 10.2 Å². The lowest BCUT2D eigenvalue weighted by Crippen LogP contribution is -2.44. The number of benzene rings is 1. The van der Waals surface area contributed by atoms with Gasteiger partial charge in [0.15, 0.2) is 0 Å². The summed E-state index contributed by atoms with van der Waals surface area (Å²) in [5, 5.41) is 2.32. The molecule has 0 radical (unpaired) electrons. The van der Waals surface area contributed by atoms with Crippen LogP contribution in [0.4, 0.5) is 4.39 Å². The molecule has 0 aliphatic carbocycles. The van der Waals surface area contributed by atoms with Crippen LogP contribution in [-0.2, 0) is 15.0 Å². The first-order valence-electron chi connectivity index (χ1n) is 7.03. The van der Waals surface area contributed by atoms with Gasteiger partial charge in [-0.2, -0.15) is 0 Å². The number of halogens is 1. The van der Waals surface area contributed by atoms with E-state index in [4.69, 9.17) is 0 Å². The van der Waals surface area contributed by atoms with Crippen molar-refractivity contribution in [1.29, 1.82) is 0 Å². The van der Waals surface area contributed by atoms with Gasteiger partial charge in [0.05, 0.1) is 0 Å². The molecule has 0 saturated carbocycles. The number of hydrogen-bond acceptors (Lipinski definition) is 3. The van der Waals surface area contributed by atoms with Gasteiger partial charge in [-0.15, -0.1) is 0 Å². The fraction of sp³-hybridized carbons (Fsp3) is 0.375. The second-order valence-electron chi connectivity index (χ2n) is 5.77. The summed E-state index contributed by atoms with van der Waals surface area (Å²) in [6, 6.07) is 6.25. The molecule has 1 fully saturated rings. The molecule has 0 aromatic heterocycles. The van der Waals surface area contributed by atoms with Gasteiger partial charge in [-0.3, -0.25) is 14.9 Å². The molecule has 2 heterocycles. The SMILES string of the molecule is CN1CCC(C2=CC(=O)NC2=O)(c2ccc(F)cc2)CC1. The Balaban J connectivity index is 2.07. The van der Waals surface area contributed by atoms with Gasteiger partial charge in [0.1, 0.15) is 5.82 Å². The maximum Gasteiger partial charge on any atom is 0.255 e. The Morgan fingerprint density at radius 2 is 1.76 bits per heavy atom. The van der Waals surface area contributed by atoms with Crippen LogP contribution in [0.2, 0.25) is 0 Å². The van der Waals surface area contributed by atoms with Crippen LogP contribution in [-0.4, -0.2) is 36.9 Å². The quantitative estimate of drug-likeness (QED) is 0.836. The van der Waals surface area contributed by atoms with Gasteiger partial charge in [-0.25, -0.2) is 4.39 Å². The van der Waals surface area contributed by atoms with E-state index in [1.807, 2.05) is 7.05 Å². The van der Waals surface area contributed by atoms with E-state index in [2.05, 4.69) is 10.2 Å². The molecule has 1 saturated heterocycles. The standard InChI is InChI=1S/C16H17FN2O2/c1-19-8-6-16(7-9-19,11-2-4-12(17)5-3-11)13-10-14(20)18-15(13)21/h2-5,10H,6-9H2,1H3,(H,18,20,21). The zero-order chi connectivity index (χ0) is 15.0. The zero-order valence-electron chi connectivity index (χ0n) is 11.9. The normalized spacial score (nSPS) is 22.1. The monoisotopic (exact) mass is 288 g/mol. The highest BCUT2D eigenvalue weighted by atomic mass is 19.1. The number of nitrogens with one attached hydrogen (secondary N) is 1. The van der Waals surface area contributed by atoms with Crippen molar-refractivity contribution in [2.24, 2.45) is 0 Å². The Hall–Kier alpha value is -2.01. The van der Waals surface area contributed by atoms with Gasteiger partial charge in [-0.1, -0.05) is 12.1 Å². The summed E-state index contributed by atoms with van der Waals surface area (Å²) in [7, 11) is 2.03. The van der Waals surface area contributed by atoms with Crippen molar-refractivity contribution in [2.75, 3.05) is 20.1 Å². The fourth-order valence-electron chi connectivity index (χ4n) is 3.25. The first kappa shape index (κ1) is 13.9. The lowest BCUT2D eigenvalue weighted by molar-refractivity contribution is -0.124. The molecule has 1 N–H and O–H groups in total. The molecule has 3 rings (SSSR count). The number of rotatable bonds is 2. The van der Waals surface area contributed by atoms with E-state index >= 15 is 0 Å². The molecule has 110 valence electrons. The molecule has 0 atom stereocenters. The van der Waals surface area contributed by atoms with Crippen molar-refractivity contribution < 1.29 is 14.0 Å².